The first-order valence-corrected chi connectivity index (χ1v) is 12.2. The highest BCUT2D eigenvalue weighted by molar-refractivity contribution is 7.99. The highest BCUT2D eigenvalue weighted by Gasteiger charge is 2.15. The maximum absolute atomic E-state index is 10.2. The molecule has 4 nitrogen and oxygen atoms in total. The Hall–Kier alpha value is -3.83. The number of hydrogen-bond donors (Lipinski definition) is 1. The van der Waals surface area contributed by atoms with Gasteiger partial charge in [-0.1, -0.05) is 62.0 Å². The fourth-order valence-corrected chi connectivity index (χ4v) is 5.29. The zero-order valence-electron chi connectivity index (χ0n) is 18.9. The number of para-hydroxylation sites is 2. The molecule has 0 atom stereocenters. The first-order chi connectivity index (χ1) is 16.6. The molecule has 6 aromatic rings. The highest BCUT2D eigenvalue weighted by Crippen LogP contribution is 2.36. The van der Waals surface area contributed by atoms with Crippen molar-refractivity contribution in [2.45, 2.75) is 29.7 Å². The van der Waals surface area contributed by atoms with Gasteiger partial charge in [0.15, 0.2) is 0 Å². The van der Waals surface area contributed by atoms with Gasteiger partial charge in [0, 0.05) is 27.3 Å². The van der Waals surface area contributed by atoms with Crippen molar-refractivity contribution in [2.24, 2.45) is 0 Å². The molecule has 0 fully saturated rings. The lowest BCUT2D eigenvalue weighted by Crippen LogP contribution is -1.99. The van der Waals surface area contributed by atoms with E-state index in [4.69, 9.17) is 9.97 Å². The van der Waals surface area contributed by atoms with Crippen molar-refractivity contribution >= 4 is 44.5 Å². The van der Waals surface area contributed by atoms with Crippen LogP contribution < -0.4 is 0 Å². The Morgan fingerprint density at radius 1 is 0.824 bits per heavy atom. The van der Waals surface area contributed by atoms with Gasteiger partial charge in [-0.3, -0.25) is 4.57 Å². The molecule has 3 aromatic carbocycles. The molecule has 6 rings (SSSR count). The fourth-order valence-electron chi connectivity index (χ4n) is 4.47. The highest BCUT2D eigenvalue weighted by atomic mass is 32.2. The SMILES string of the molecule is CC(C)c1ccnc(-n2c3ccccc3c3ccc(Sc4ccc5cccc(O)c5n4)cc32)c1. The van der Waals surface area contributed by atoms with Crippen LogP contribution in [0.2, 0.25) is 0 Å². The first kappa shape index (κ1) is 20.8. The minimum absolute atomic E-state index is 0.201. The summed E-state index contributed by atoms with van der Waals surface area (Å²) in [5, 5.41) is 14.4. The number of aromatic hydroxyl groups is 1. The smallest absolute Gasteiger partial charge is 0.141 e. The normalized spacial score (nSPS) is 11.7. The molecule has 0 saturated heterocycles. The van der Waals surface area contributed by atoms with Gasteiger partial charge in [-0.2, -0.15) is 0 Å². The van der Waals surface area contributed by atoms with Gasteiger partial charge in [0.1, 0.15) is 22.1 Å². The predicted octanol–water partition coefficient (Wildman–Crippen LogP) is 7.71. The molecule has 0 aliphatic rings. The second-order valence-electron chi connectivity index (χ2n) is 8.73. The van der Waals surface area contributed by atoms with Crippen LogP contribution in [0, 0.1) is 0 Å². The fraction of sp³-hybridized carbons (Fsp3) is 0.103. The van der Waals surface area contributed by atoms with E-state index in [1.165, 1.54) is 16.3 Å². The zero-order chi connectivity index (χ0) is 23.2. The van der Waals surface area contributed by atoms with Crippen LogP contribution in [0.4, 0.5) is 0 Å². The number of hydrogen-bond acceptors (Lipinski definition) is 4. The number of fused-ring (bicyclic) bond motifs is 4. The van der Waals surface area contributed by atoms with Crippen molar-refractivity contribution in [1.82, 2.24) is 14.5 Å². The molecule has 0 bridgehead atoms. The van der Waals surface area contributed by atoms with Crippen LogP contribution >= 0.6 is 11.8 Å². The standard InChI is InChI=1S/C29H23N3OS/c1-18(2)20-14-15-30-27(16-20)32-24-8-4-3-7-22(24)23-12-11-21(17-25(23)32)34-28-13-10-19-6-5-9-26(33)29(19)31-28/h3-18,33H,1-2H3. The van der Waals surface area contributed by atoms with Gasteiger partial charge in [-0.25, -0.2) is 9.97 Å². The Kier molecular flexibility index (Phi) is 5.00. The monoisotopic (exact) mass is 461 g/mol. The summed E-state index contributed by atoms with van der Waals surface area (Å²) in [6.45, 7) is 4.40. The van der Waals surface area contributed by atoms with Crippen molar-refractivity contribution in [3.05, 3.63) is 96.7 Å². The summed E-state index contributed by atoms with van der Waals surface area (Å²) in [5.41, 5.74) is 4.14. The maximum atomic E-state index is 10.2. The largest absolute Gasteiger partial charge is 0.506 e. The van der Waals surface area contributed by atoms with Gasteiger partial charge in [-0.15, -0.1) is 0 Å². The summed E-state index contributed by atoms with van der Waals surface area (Å²) in [6, 6.07) is 28.7. The molecule has 3 aromatic heterocycles. The van der Waals surface area contributed by atoms with Gasteiger partial charge >= 0.3 is 0 Å². The summed E-state index contributed by atoms with van der Waals surface area (Å²) in [5.74, 6) is 1.55. The molecule has 0 radical (unpaired) electrons. The van der Waals surface area contributed by atoms with E-state index in [9.17, 15) is 5.11 Å². The zero-order valence-corrected chi connectivity index (χ0v) is 19.8. The van der Waals surface area contributed by atoms with Crippen LogP contribution in [0.25, 0.3) is 38.5 Å². The van der Waals surface area contributed by atoms with E-state index >= 15 is 0 Å². The lowest BCUT2D eigenvalue weighted by molar-refractivity contribution is 0.480. The van der Waals surface area contributed by atoms with Crippen LogP contribution in [0.5, 0.6) is 5.75 Å². The molecular weight excluding hydrogens is 438 g/mol. The van der Waals surface area contributed by atoms with Crippen molar-refractivity contribution in [1.29, 1.82) is 0 Å². The Balaban J connectivity index is 1.51. The number of phenolic OH excluding ortho intramolecular Hbond substituents is 1. The van der Waals surface area contributed by atoms with Crippen molar-refractivity contribution in [3.8, 4) is 11.6 Å². The van der Waals surface area contributed by atoms with E-state index < -0.39 is 0 Å². The van der Waals surface area contributed by atoms with E-state index in [1.807, 2.05) is 30.5 Å². The van der Waals surface area contributed by atoms with Gasteiger partial charge in [-0.05, 0) is 60.0 Å². The van der Waals surface area contributed by atoms with Crippen LogP contribution in [-0.4, -0.2) is 19.6 Å². The molecule has 34 heavy (non-hydrogen) atoms. The third-order valence-electron chi connectivity index (χ3n) is 6.21. The second-order valence-corrected chi connectivity index (χ2v) is 9.83. The maximum Gasteiger partial charge on any atom is 0.141 e. The Bertz CT molecular complexity index is 1690. The molecule has 5 heteroatoms. The van der Waals surface area contributed by atoms with Gasteiger partial charge in [0.2, 0.25) is 0 Å². The summed E-state index contributed by atoms with van der Waals surface area (Å²) in [6.07, 6.45) is 1.90. The van der Waals surface area contributed by atoms with Crippen LogP contribution in [0.3, 0.4) is 0 Å². The number of nitrogens with zero attached hydrogens (tertiary/aromatic N) is 3. The van der Waals surface area contributed by atoms with Gasteiger partial charge in [0.05, 0.1) is 11.0 Å². The molecule has 166 valence electrons. The number of pyridine rings is 2. The Labute approximate surface area is 201 Å². The van der Waals surface area contributed by atoms with Crippen LogP contribution in [0.15, 0.2) is 101 Å². The van der Waals surface area contributed by atoms with Crippen molar-refractivity contribution in [3.63, 3.8) is 0 Å². The van der Waals surface area contributed by atoms with Crippen LogP contribution in [0.1, 0.15) is 25.3 Å². The second kappa shape index (κ2) is 8.19. The Morgan fingerprint density at radius 2 is 1.68 bits per heavy atom. The predicted molar refractivity (Wildman–Crippen MR) is 140 cm³/mol. The van der Waals surface area contributed by atoms with E-state index in [0.717, 1.165) is 32.2 Å². The van der Waals surface area contributed by atoms with E-state index in [2.05, 4.69) is 73.0 Å². The lowest BCUT2D eigenvalue weighted by atomic mass is 10.1. The molecule has 0 spiro atoms. The van der Waals surface area contributed by atoms with Gasteiger partial charge < -0.3 is 5.11 Å². The topological polar surface area (TPSA) is 50.9 Å². The van der Waals surface area contributed by atoms with E-state index in [-0.39, 0.29) is 5.75 Å². The molecule has 3 heterocycles. The average molecular weight is 462 g/mol. The summed E-state index contributed by atoms with van der Waals surface area (Å²) in [7, 11) is 0. The molecule has 1 N–H and O–H groups in total. The number of phenols is 1. The average Bonchev–Trinajstić information content (AvgIpc) is 3.18. The first-order valence-electron chi connectivity index (χ1n) is 11.3. The number of benzene rings is 3. The lowest BCUT2D eigenvalue weighted by Gasteiger charge is -2.11. The third kappa shape index (κ3) is 3.49. The van der Waals surface area contributed by atoms with E-state index in [0.29, 0.717) is 11.4 Å². The Morgan fingerprint density at radius 3 is 2.56 bits per heavy atom. The van der Waals surface area contributed by atoms with Gasteiger partial charge in [0.25, 0.3) is 0 Å². The molecule has 0 unspecified atom stereocenters. The van der Waals surface area contributed by atoms with E-state index in [1.54, 1.807) is 17.8 Å². The minimum Gasteiger partial charge on any atom is -0.506 e. The van der Waals surface area contributed by atoms with Crippen LogP contribution in [-0.2, 0) is 0 Å². The molecular formula is C29H23N3OS. The number of aromatic nitrogens is 3. The molecule has 0 amide bonds. The minimum atomic E-state index is 0.201. The van der Waals surface area contributed by atoms with Crippen molar-refractivity contribution < 1.29 is 5.11 Å². The molecule has 0 aliphatic heterocycles. The summed E-state index contributed by atoms with van der Waals surface area (Å²) in [4.78, 5) is 10.5. The summed E-state index contributed by atoms with van der Waals surface area (Å²) < 4.78 is 2.25. The molecule has 0 saturated carbocycles. The third-order valence-corrected chi connectivity index (χ3v) is 7.13. The summed E-state index contributed by atoms with van der Waals surface area (Å²) >= 11 is 1.59. The quantitative estimate of drug-likeness (QED) is 0.292. The molecule has 0 aliphatic carbocycles. The number of rotatable bonds is 4. The van der Waals surface area contributed by atoms with Crippen molar-refractivity contribution in [2.75, 3.05) is 0 Å².